The molecule has 0 aliphatic carbocycles. The van der Waals surface area contributed by atoms with Gasteiger partial charge in [0.1, 0.15) is 11.4 Å². The van der Waals surface area contributed by atoms with Gasteiger partial charge in [0.25, 0.3) is 5.69 Å². The summed E-state index contributed by atoms with van der Waals surface area (Å²) in [6.07, 6.45) is 0. The molecule has 4 rings (SSSR count). The fraction of sp³-hybridized carbons (Fsp3) is 0.0526. The average molecular weight is 362 g/mol. The molecule has 0 aliphatic rings. The van der Waals surface area contributed by atoms with Gasteiger partial charge in [-0.15, -0.1) is 5.10 Å². The summed E-state index contributed by atoms with van der Waals surface area (Å²) in [7, 11) is 1.55. The zero-order valence-electron chi connectivity index (χ0n) is 14.3. The van der Waals surface area contributed by atoms with Crippen LogP contribution in [0.25, 0.3) is 16.9 Å². The number of nitro groups is 1. The van der Waals surface area contributed by atoms with E-state index >= 15 is 0 Å². The molecule has 0 saturated heterocycles. The number of hydrogen-bond acceptors (Lipinski definition) is 6. The molecule has 0 unspecified atom stereocenters. The number of aromatic nitrogens is 3. The van der Waals surface area contributed by atoms with E-state index in [9.17, 15) is 10.1 Å². The Labute approximate surface area is 153 Å². The van der Waals surface area contributed by atoms with E-state index in [0.29, 0.717) is 23.0 Å². The normalized spacial score (nSPS) is 10.7. The molecule has 4 aromatic rings. The number of ether oxygens (including phenoxy) is 2. The SMILES string of the molecule is COc1c(-c2ccccc2)nc2ccc(Oc3cccc([N+](=O)[O-])c3)nn12. The maximum absolute atomic E-state index is 10.9. The molecule has 8 heteroatoms. The molecule has 0 atom stereocenters. The Morgan fingerprint density at radius 1 is 1.04 bits per heavy atom. The van der Waals surface area contributed by atoms with E-state index in [1.165, 1.54) is 16.6 Å². The van der Waals surface area contributed by atoms with Gasteiger partial charge in [-0.05, 0) is 12.1 Å². The first-order chi connectivity index (χ1) is 13.2. The number of nitrogens with zero attached hydrogens (tertiary/aromatic N) is 4. The number of nitro benzene ring substituents is 1. The van der Waals surface area contributed by atoms with Crippen molar-refractivity contribution in [3.63, 3.8) is 0 Å². The van der Waals surface area contributed by atoms with Gasteiger partial charge in [0.15, 0.2) is 5.65 Å². The van der Waals surface area contributed by atoms with Crippen LogP contribution in [0, 0.1) is 10.1 Å². The topological polar surface area (TPSA) is 91.8 Å². The lowest BCUT2D eigenvalue weighted by Crippen LogP contribution is -1.98. The molecule has 2 heterocycles. The number of fused-ring (bicyclic) bond motifs is 1. The highest BCUT2D eigenvalue weighted by molar-refractivity contribution is 5.69. The lowest BCUT2D eigenvalue weighted by atomic mass is 10.2. The van der Waals surface area contributed by atoms with E-state index in [2.05, 4.69) is 10.1 Å². The van der Waals surface area contributed by atoms with Crippen LogP contribution >= 0.6 is 0 Å². The van der Waals surface area contributed by atoms with E-state index in [1.54, 1.807) is 31.4 Å². The van der Waals surface area contributed by atoms with Crippen molar-refractivity contribution in [2.24, 2.45) is 0 Å². The molecule has 0 N–H and O–H groups in total. The van der Waals surface area contributed by atoms with Gasteiger partial charge < -0.3 is 9.47 Å². The third-order valence-electron chi connectivity index (χ3n) is 3.90. The Bertz CT molecular complexity index is 1130. The van der Waals surface area contributed by atoms with Gasteiger partial charge in [-0.3, -0.25) is 10.1 Å². The molecule has 134 valence electrons. The van der Waals surface area contributed by atoms with Gasteiger partial charge in [-0.25, -0.2) is 4.98 Å². The van der Waals surface area contributed by atoms with Crippen molar-refractivity contribution in [1.82, 2.24) is 14.6 Å². The average Bonchev–Trinajstić information content (AvgIpc) is 3.06. The Morgan fingerprint density at radius 3 is 2.59 bits per heavy atom. The standard InChI is InChI=1S/C19H14N4O4/c1-26-19-18(13-6-3-2-4-7-13)20-16-10-11-17(21-22(16)19)27-15-9-5-8-14(12-15)23(24)25/h2-12H,1H3. The van der Waals surface area contributed by atoms with E-state index in [1.807, 2.05) is 30.3 Å². The third-order valence-corrected chi connectivity index (χ3v) is 3.90. The van der Waals surface area contributed by atoms with Crippen LogP contribution in [0.2, 0.25) is 0 Å². The summed E-state index contributed by atoms with van der Waals surface area (Å²) >= 11 is 0. The highest BCUT2D eigenvalue weighted by Crippen LogP contribution is 2.31. The highest BCUT2D eigenvalue weighted by Gasteiger charge is 2.16. The molecule has 0 radical (unpaired) electrons. The van der Waals surface area contributed by atoms with Crippen molar-refractivity contribution < 1.29 is 14.4 Å². The summed E-state index contributed by atoms with van der Waals surface area (Å²) in [5.41, 5.74) is 2.11. The van der Waals surface area contributed by atoms with Gasteiger partial charge in [0.2, 0.25) is 11.8 Å². The van der Waals surface area contributed by atoms with Gasteiger partial charge in [0.05, 0.1) is 18.1 Å². The third kappa shape index (κ3) is 3.15. The number of imidazole rings is 1. The maximum Gasteiger partial charge on any atom is 0.273 e. The summed E-state index contributed by atoms with van der Waals surface area (Å²) in [5.74, 6) is 1.05. The molecule has 2 aromatic carbocycles. The molecule has 0 bridgehead atoms. The number of hydrogen-bond donors (Lipinski definition) is 0. The summed E-state index contributed by atoms with van der Waals surface area (Å²) < 4.78 is 12.7. The second-order valence-electron chi connectivity index (χ2n) is 5.63. The van der Waals surface area contributed by atoms with E-state index in [4.69, 9.17) is 9.47 Å². The molecule has 0 amide bonds. The minimum atomic E-state index is -0.478. The van der Waals surface area contributed by atoms with Crippen LogP contribution in [0.4, 0.5) is 5.69 Å². The molecule has 0 spiro atoms. The zero-order valence-corrected chi connectivity index (χ0v) is 14.3. The van der Waals surface area contributed by atoms with E-state index in [0.717, 1.165) is 5.56 Å². The molecule has 0 fully saturated rings. The number of methoxy groups -OCH3 is 1. The molecule has 8 nitrogen and oxygen atoms in total. The molecule has 2 aromatic heterocycles. The lowest BCUT2D eigenvalue weighted by molar-refractivity contribution is -0.384. The fourth-order valence-corrected chi connectivity index (χ4v) is 2.70. The quantitative estimate of drug-likeness (QED) is 0.392. The highest BCUT2D eigenvalue weighted by atomic mass is 16.6. The number of benzene rings is 2. The first-order valence-electron chi connectivity index (χ1n) is 8.07. The van der Waals surface area contributed by atoms with E-state index < -0.39 is 4.92 Å². The van der Waals surface area contributed by atoms with Crippen LogP contribution in [-0.2, 0) is 0 Å². The number of rotatable bonds is 5. The van der Waals surface area contributed by atoms with Crippen molar-refractivity contribution >= 4 is 11.3 Å². The first-order valence-corrected chi connectivity index (χ1v) is 8.07. The minimum absolute atomic E-state index is 0.0554. The predicted octanol–water partition coefficient (Wildman–Crippen LogP) is 4.11. The summed E-state index contributed by atoms with van der Waals surface area (Å²) in [5, 5.41) is 15.3. The Morgan fingerprint density at radius 2 is 1.85 bits per heavy atom. The van der Waals surface area contributed by atoms with Crippen molar-refractivity contribution in [3.8, 4) is 28.8 Å². The number of non-ortho nitro benzene ring substituents is 1. The van der Waals surface area contributed by atoms with Crippen molar-refractivity contribution in [2.75, 3.05) is 7.11 Å². The minimum Gasteiger partial charge on any atom is -0.479 e. The first kappa shape index (κ1) is 16.5. The Hall–Kier alpha value is -3.94. The van der Waals surface area contributed by atoms with E-state index in [-0.39, 0.29) is 11.6 Å². The van der Waals surface area contributed by atoms with Gasteiger partial charge in [-0.2, -0.15) is 4.52 Å². The molecular weight excluding hydrogens is 348 g/mol. The summed E-state index contributed by atoms with van der Waals surface area (Å²) in [4.78, 5) is 15.0. The van der Waals surface area contributed by atoms with Gasteiger partial charge in [0, 0.05) is 17.7 Å². The largest absolute Gasteiger partial charge is 0.479 e. The second-order valence-corrected chi connectivity index (χ2v) is 5.63. The lowest BCUT2D eigenvalue weighted by Gasteiger charge is -2.06. The van der Waals surface area contributed by atoms with Crippen LogP contribution in [0.1, 0.15) is 0 Å². The van der Waals surface area contributed by atoms with Crippen LogP contribution < -0.4 is 9.47 Å². The zero-order chi connectivity index (χ0) is 18.8. The monoisotopic (exact) mass is 362 g/mol. The molecule has 0 saturated carbocycles. The molecular formula is C19H14N4O4. The summed E-state index contributed by atoms with van der Waals surface area (Å²) in [6, 6.07) is 18.9. The maximum atomic E-state index is 10.9. The summed E-state index contributed by atoms with van der Waals surface area (Å²) in [6.45, 7) is 0. The van der Waals surface area contributed by atoms with Crippen LogP contribution in [0.5, 0.6) is 17.5 Å². The second kappa shape index (κ2) is 6.75. The van der Waals surface area contributed by atoms with Gasteiger partial charge in [-0.1, -0.05) is 36.4 Å². The fourth-order valence-electron chi connectivity index (χ4n) is 2.70. The Balaban J connectivity index is 1.74. The van der Waals surface area contributed by atoms with Crippen molar-refractivity contribution in [1.29, 1.82) is 0 Å². The molecule has 27 heavy (non-hydrogen) atoms. The van der Waals surface area contributed by atoms with Gasteiger partial charge >= 0.3 is 0 Å². The smallest absolute Gasteiger partial charge is 0.273 e. The van der Waals surface area contributed by atoms with Crippen molar-refractivity contribution in [3.05, 3.63) is 76.8 Å². The van der Waals surface area contributed by atoms with Crippen LogP contribution in [0.15, 0.2) is 66.7 Å². The molecule has 0 aliphatic heterocycles. The Kier molecular flexibility index (Phi) is 4.13. The predicted molar refractivity (Wildman–Crippen MR) is 98.1 cm³/mol. The van der Waals surface area contributed by atoms with Crippen molar-refractivity contribution in [2.45, 2.75) is 0 Å². The van der Waals surface area contributed by atoms with Crippen LogP contribution in [-0.4, -0.2) is 26.6 Å². The van der Waals surface area contributed by atoms with Crippen LogP contribution in [0.3, 0.4) is 0 Å².